The first-order valence-electron chi connectivity index (χ1n) is 6.77. The van der Waals surface area contributed by atoms with Crippen LogP contribution in [0.25, 0.3) is 11.0 Å². The van der Waals surface area contributed by atoms with Gasteiger partial charge in [0.2, 0.25) is 0 Å². The molecule has 5 heteroatoms. The van der Waals surface area contributed by atoms with Gasteiger partial charge in [-0.25, -0.2) is 0 Å². The molecule has 0 fully saturated rings. The smallest absolute Gasteiger partial charge is 0.261 e. The average molecular weight is 356 g/mol. The number of benzene rings is 2. The zero-order valence-electron chi connectivity index (χ0n) is 11.4. The topological polar surface area (TPSA) is 50.5 Å². The number of halogens is 1. The van der Waals surface area contributed by atoms with Gasteiger partial charge in [0, 0.05) is 5.39 Å². The third-order valence-corrected chi connectivity index (χ3v) is 4.36. The maximum atomic E-state index is 12.3. The largest absolute Gasteiger partial charge is 0.458 e. The van der Waals surface area contributed by atoms with Crippen LogP contribution >= 0.6 is 15.9 Å². The van der Waals surface area contributed by atoms with Gasteiger partial charge in [0.25, 0.3) is 11.8 Å². The van der Waals surface area contributed by atoms with Gasteiger partial charge in [-0.2, -0.15) is 0 Å². The number of carbonyl (C=O) groups excluding carboxylic acids is 2. The molecule has 0 radical (unpaired) electrons. The molecule has 0 unspecified atom stereocenters. The van der Waals surface area contributed by atoms with Crippen molar-refractivity contribution in [3.63, 3.8) is 0 Å². The molecule has 1 aromatic heterocycles. The first kappa shape index (κ1) is 13.3. The Morgan fingerprint density at radius 2 is 1.64 bits per heavy atom. The average Bonchev–Trinajstić information content (AvgIpc) is 3.04. The second-order valence-corrected chi connectivity index (χ2v) is 5.97. The van der Waals surface area contributed by atoms with E-state index in [1.807, 2.05) is 24.3 Å². The minimum absolute atomic E-state index is 0.132. The Morgan fingerprint density at radius 3 is 2.27 bits per heavy atom. The summed E-state index contributed by atoms with van der Waals surface area (Å²) in [5, 5.41) is 0.931. The van der Waals surface area contributed by atoms with Crippen molar-refractivity contribution in [3.8, 4) is 0 Å². The number of amides is 2. The number of carbonyl (C=O) groups is 2. The van der Waals surface area contributed by atoms with Crippen molar-refractivity contribution >= 4 is 38.7 Å². The van der Waals surface area contributed by atoms with Crippen molar-refractivity contribution in [1.29, 1.82) is 0 Å². The molecule has 1 aliphatic heterocycles. The zero-order chi connectivity index (χ0) is 15.3. The molecule has 4 nitrogen and oxygen atoms in total. The van der Waals surface area contributed by atoms with Gasteiger partial charge in [-0.05, 0) is 40.2 Å². The summed E-state index contributed by atoms with van der Waals surface area (Å²) in [6, 6.07) is 14.4. The van der Waals surface area contributed by atoms with Crippen LogP contribution in [-0.2, 0) is 6.54 Å². The number of rotatable bonds is 2. The molecule has 0 N–H and O–H groups in total. The van der Waals surface area contributed by atoms with Gasteiger partial charge in [-0.3, -0.25) is 14.5 Å². The lowest BCUT2D eigenvalue weighted by molar-refractivity contribution is 0.0632. The number of hydrogen-bond acceptors (Lipinski definition) is 3. The first-order valence-corrected chi connectivity index (χ1v) is 7.56. The van der Waals surface area contributed by atoms with Crippen LogP contribution in [0.5, 0.6) is 0 Å². The van der Waals surface area contributed by atoms with Crippen molar-refractivity contribution < 1.29 is 14.0 Å². The van der Waals surface area contributed by atoms with Gasteiger partial charge >= 0.3 is 0 Å². The molecule has 22 heavy (non-hydrogen) atoms. The molecule has 0 bridgehead atoms. The monoisotopic (exact) mass is 355 g/mol. The molecule has 0 saturated heterocycles. The summed E-state index contributed by atoms with van der Waals surface area (Å²) in [5.41, 5.74) is 1.61. The number of imide groups is 1. The summed E-state index contributed by atoms with van der Waals surface area (Å²) >= 11 is 3.43. The second-order valence-electron chi connectivity index (χ2n) is 5.11. The number of para-hydroxylation sites is 1. The van der Waals surface area contributed by atoms with Crippen LogP contribution in [0, 0.1) is 0 Å². The lowest BCUT2D eigenvalue weighted by Crippen LogP contribution is -2.28. The summed E-state index contributed by atoms with van der Waals surface area (Å²) in [5.74, 6) is 0.0247. The van der Waals surface area contributed by atoms with E-state index in [9.17, 15) is 9.59 Å². The standard InChI is InChI=1S/C17H10BrNO3/c18-14-7-3-4-10-8-11(22-15(10)14)9-19-16(20)12-5-1-2-6-13(12)17(19)21/h1-8H,9H2. The van der Waals surface area contributed by atoms with Crippen LogP contribution in [0.3, 0.4) is 0 Å². The SMILES string of the molecule is O=C1c2ccccc2C(=O)N1Cc1cc2cccc(Br)c2o1. The highest BCUT2D eigenvalue weighted by atomic mass is 79.9. The van der Waals surface area contributed by atoms with E-state index in [2.05, 4.69) is 15.9 Å². The molecule has 0 saturated carbocycles. The Balaban J connectivity index is 1.70. The van der Waals surface area contributed by atoms with E-state index in [-0.39, 0.29) is 18.4 Å². The normalized spacial score (nSPS) is 14.0. The number of hydrogen-bond donors (Lipinski definition) is 0. The number of nitrogens with zero attached hydrogens (tertiary/aromatic N) is 1. The van der Waals surface area contributed by atoms with E-state index < -0.39 is 0 Å². The van der Waals surface area contributed by atoms with Gasteiger partial charge in [-0.1, -0.05) is 24.3 Å². The molecule has 3 aromatic rings. The number of fused-ring (bicyclic) bond motifs is 2. The Kier molecular flexibility index (Phi) is 2.90. The first-order chi connectivity index (χ1) is 10.6. The molecule has 0 aliphatic carbocycles. The van der Waals surface area contributed by atoms with Crippen molar-refractivity contribution in [1.82, 2.24) is 4.90 Å². The highest BCUT2D eigenvalue weighted by Gasteiger charge is 2.35. The van der Waals surface area contributed by atoms with Crippen LogP contribution in [0.2, 0.25) is 0 Å². The maximum absolute atomic E-state index is 12.3. The van der Waals surface area contributed by atoms with Crippen LogP contribution in [0.15, 0.2) is 57.4 Å². The Labute approximate surface area is 134 Å². The van der Waals surface area contributed by atoms with Gasteiger partial charge in [0.1, 0.15) is 11.3 Å². The highest BCUT2D eigenvalue weighted by Crippen LogP contribution is 2.29. The van der Waals surface area contributed by atoms with E-state index in [1.54, 1.807) is 24.3 Å². The van der Waals surface area contributed by atoms with E-state index in [0.717, 1.165) is 9.86 Å². The zero-order valence-corrected chi connectivity index (χ0v) is 13.0. The van der Waals surface area contributed by atoms with Crippen molar-refractivity contribution in [2.75, 3.05) is 0 Å². The van der Waals surface area contributed by atoms with Crippen LogP contribution in [0.4, 0.5) is 0 Å². The van der Waals surface area contributed by atoms with Gasteiger partial charge in [-0.15, -0.1) is 0 Å². The van der Waals surface area contributed by atoms with Crippen LogP contribution in [-0.4, -0.2) is 16.7 Å². The predicted octanol–water partition coefficient (Wildman–Crippen LogP) is 3.99. The van der Waals surface area contributed by atoms with Crippen molar-refractivity contribution in [3.05, 3.63) is 69.9 Å². The third kappa shape index (κ3) is 1.89. The lowest BCUT2D eigenvalue weighted by Gasteiger charge is -2.11. The van der Waals surface area contributed by atoms with Gasteiger partial charge < -0.3 is 4.42 Å². The molecule has 0 atom stereocenters. The lowest BCUT2D eigenvalue weighted by atomic mass is 10.1. The fourth-order valence-corrected chi connectivity index (χ4v) is 3.16. The van der Waals surface area contributed by atoms with Crippen molar-refractivity contribution in [2.45, 2.75) is 6.54 Å². The molecular weight excluding hydrogens is 346 g/mol. The van der Waals surface area contributed by atoms with Crippen molar-refractivity contribution in [2.24, 2.45) is 0 Å². The van der Waals surface area contributed by atoms with E-state index in [1.165, 1.54) is 4.90 Å². The quantitative estimate of drug-likeness (QED) is 0.653. The summed E-state index contributed by atoms with van der Waals surface area (Å²) in [4.78, 5) is 25.9. The molecule has 2 heterocycles. The minimum Gasteiger partial charge on any atom is -0.458 e. The van der Waals surface area contributed by atoms with E-state index in [0.29, 0.717) is 22.5 Å². The fraction of sp³-hybridized carbons (Fsp3) is 0.0588. The fourth-order valence-electron chi connectivity index (χ4n) is 2.70. The highest BCUT2D eigenvalue weighted by molar-refractivity contribution is 9.10. The molecule has 4 rings (SSSR count). The predicted molar refractivity (Wildman–Crippen MR) is 84.6 cm³/mol. The molecular formula is C17H10BrNO3. The Hall–Kier alpha value is -2.40. The second kappa shape index (κ2) is 4.81. The summed E-state index contributed by atoms with van der Waals surface area (Å²) < 4.78 is 6.61. The number of furan rings is 1. The summed E-state index contributed by atoms with van der Waals surface area (Å²) in [6.07, 6.45) is 0. The van der Waals surface area contributed by atoms with E-state index >= 15 is 0 Å². The van der Waals surface area contributed by atoms with Crippen LogP contribution in [0.1, 0.15) is 26.5 Å². The summed E-state index contributed by atoms with van der Waals surface area (Å²) in [7, 11) is 0. The Bertz CT molecular complexity index is 894. The van der Waals surface area contributed by atoms with Crippen LogP contribution < -0.4 is 0 Å². The van der Waals surface area contributed by atoms with Gasteiger partial charge in [0.05, 0.1) is 22.1 Å². The molecule has 0 spiro atoms. The molecule has 2 aromatic carbocycles. The molecule has 1 aliphatic rings. The molecule has 2 amide bonds. The minimum atomic E-state index is -0.278. The summed E-state index contributed by atoms with van der Waals surface area (Å²) in [6.45, 7) is 0.132. The van der Waals surface area contributed by atoms with Gasteiger partial charge in [0.15, 0.2) is 0 Å². The Morgan fingerprint density at radius 1 is 0.955 bits per heavy atom. The molecule has 108 valence electrons. The third-order valence-electron chi connectivity index (χ3n) is 3.74. The van der Waals surface area contributed by atoms with E-state index in [4.69, 9.17) is 4.42 Å². The maximum Gasteiger partial charge on any atom is 0.261 e.